The van der Waals surface area contributed by atoms with Crippen LogP contribution in [0.3, 0.4) is 0 Å². The first kappa shape index (κ1) is 17.6. The maximum Gasteiger partial charge on any atom is 0.273 e. The second-order valence-electron chi connectivity index (χ2n) is 5.91. The molecule has 3 rings (SSSR count). The summed E-state index contributed by atoms with van der Waals surface area (Å²) in [5.74, 6) is 0.0698. The van der Waals surface area contributed by atoms with Gasteiger partial charge in [0, 0.05) is 44.3 Å². The lowest BCUT2D eigenvalue weighted by atomic mass is 10.3. The van der Waals surface area contributed by atoms with Crippen LogP contribution in [0.5, 0.6) is 0 Å². The molecule has 0 atom stereocenters. The molecule has 6 nitrogen and oxygen atoms in total. The van der Waals surface area contributed by atoms with Crippen molar-refractivity contribution >= 4 is 33.2 Å². The Bertz CT molecular complexity index is 700. The van der Waals surface area contributed by atoms with Crippen molar-refractivity contribution in [2.45, 2.75) is 33.4 Å². The number of aryl methyl sites for hydroxylation is 2. The SMILES string of the molecule is CCn1nc(C)c(Br)c1C(=O)N1CCCN(Cc2nccs2)CC1. The zero-order valence-electron chi connectivity index (χ0n) is 14.0. The van der Waals surface area contributed by atoms with Gasteiger partial charge in [-0.2, -0.15) is 5.10 Å². The summed E-state index contributed by atoms with van der Waals surface area (Å²) in [4.78, 5) is 21.7. The Morgan fingerprint density at radius 3 is 2.88 bits per heavy atom. The number of amides is 1. The lowest BCUT2D eigenvalue weighted by Gasteiger charge is -2.22. The second-order valence-corrected chi connectivity index (χ2v) is 7.68. The van der Waals surface area contributed by atoms with Crippen LogP contribution in [0.4, 0.5) is 0 Å². The first-order valence-corrected chi connectivity index (χ1v) is 9.90. The zero-order chi connectivity index (χ0) is 17.1. The Hall–Kier alpha value is -1.25. The van der Waals surface area contributed by atoms with Crippen LogP contribution in [-0.2, 0) is 13.1 Å². The van der Waals surface area contributed by atoms with E-state index in [-0.39, 0.29) is 5.91 Å². The van der Waals surface area contributed by atoms with Gasteiger partial charge in [-0.05, 0) is 36.2 Å². The summed E-state index contributed by atoms with van der Waals surface area (Å²) >= 11 is 5.22. The van der Waals surface area contributed by atoms with Gasteiger partial charge in [0.15, 0.2) is 0 Å². The minimum atomic E-state index is 0.0698. The molecule has 0 bridgehead atoms. The number of rotatable bonds is 4. The van der Waals surface area contributed by atoms with Crippen molar-refractivity contribution < 1.29 is 4.79 Å². The van der Waals surface area contributed by atoms with E-state index >= 15 is 0 Å². The van der Waals surface area contributed by atoms with E-state index < -0.39 is 0 Å². The molecule has 2 aromatic rings. The Labute approximate surface area is 154 Å². The molecule has 0 spiro atoms. The van der Waals surface area contributed by atoms with E-state index in [1.807, 2.05) is 30.3 Å². The molecule has 1 saturated heterocycles. The fourth-order valence-corrected chi connectivity index (χ4v) is 4.11. The van der Waals surface area contributed by atoms with Gasteiger partial charge in [0.2, 0.25) is 0 Å². The Balaban J connectivity index is 1.68. The number of aromatic nitrogens is 3. The van der Waals surface area contributed by atoms with E-state index in [9.17, 15) is 4.79 Å². The van der Waals surface area contributed by atoms with E-state index in [1.54, 1.807) is 16.0 Å². The maximum atomic E-state index is 13.0. The fraction of sp³-hybridized carbons (Fsp3) is 0.562. The maximum absolute atomic E-state index is 13.0. The number of thiazole rings is 1. The van der Waals surface area contributed by atoms with Crippen LogP contribution in [0.2, 0.25) is 0 Å². The van der Waals surface area contributed by atoms with E-state index in [4.69, 9.17) is 0 Å². The summed E-state index contributed by atoms with van der Waals surface area (Å²) in [5.41, 5.74) is 1.53. The molecule has 24 heavy (non-hydrogen) atoms. The van der Waals surface area contributed by atoms with Gasteiger partial charge in [-0.15, -0.1) is 11.3 Å². The zero-order valence-corrected chi connectivity index (χ0v) is 16.4. The minimum absolute atomic E-state index is 0.0698. The summed E-state index contributed by atoms with van der Waals surface area (Å²) in [6.45, 7) is 8.89. The topological polar surface area (TPSA) is 54.3 Å². The first-order chi connectivity index (χ1) is 11.6. The fourth-order valence-electron chi connectivity index (χ4n) is 3.00. The predicted octanol–water partition coefficient (Wildman–Crippen LogP) is 2.78. The number of nitrogens with zero attached hydrogens (tertiary/aromatic N) is 5. The third kappa shape index (κ3) is 3.70. The van der Waals surface area contributed by atoms with Crippen LogP contribution < -0.4 is 0 Å². The van der Waals surface area contributed by atoms with Gasteiger partial charge in [0.05, 0.1) is 16.7 Å². The second kappa shape index (κ2) is 7.76. The van der Waals surface area contributed by atoms with Crippen LogP contribution in [0, 0.1) is 6.92 Å². The quantitative estimate of drug-likeness (QED) is 0.775. The molecule has 1 aliphatic rings. The average Bonchev–Trinajstić information content (AvgIpc) is 3.10. The highest BCUT2D eigenvalue weighted by Crippen LogP contribution is 2.23. The molecule has 0 aliphatic carbocycles. The largest absolute Gasteiger partial charge is 0.336 e. The van der Waals surface area contributed by atoms with E-state index in [0.29, 0.717) is 12.2 Å². The summed E-state index contributed by atoms with van der Waals surface area (Å²) in [5, 5.41) is 7.58. The molecule has 130 valence electrons. The van der Waals surface area contributed by atoms with Gasteiger partial charge in [-0.1, -0.05) is 0 Å². The lowest BCUT2D eigenvalue weighted by molar-refractivity contribution is 0.0747. The Morgan fingerprint density at radius 1 is 1.33 bits per heavy atom. The number of carbonyl (C=O) groups is 1. The van der Waals surface area contributed by atoms with Crippen molar-refractivity contribution in [2.24, 2.45) is 0 Å². The van der Waals surface area contributed by atoms with Gasteiger partial charge >= 0.3 is 0 Å². The van der Waals surface area contributed by atoms with Crippen LogP contribution in [-0.4, -0.2) is 56.7 Å². The van der Waals surface area contributed by atoms with Crippen molar-refractivity contribution in [3.05, 3.63) is 32.4 Å². The monoisotopic (exact) mass is 411 g/mol. The summed E-state index contributed by atoms with van der Waals surface area (Å²) < 4.78 is 2.61. The third-order valence-corrected chi connectivity index (χ3v) is 5.99. The summed E-state index contributed by atoms with van der Waals surface area (Å²) in [6.07, 6.45) is 2.83. The third-order valence-electron chi connectivity index (χ3n) is 4.27. The van der Waals surface area contributed by atoms with Crippen LogP contribution in [0.15, 0.2) is 16.0 Å². The molecule has 0 unspecified atom stereocenters. The molecular weight excluding hydrogens is 390 g/mol. The number of hydrogen-bond donors (Lipinski definition) is 0. The van der Waals surface area contributed by atoms with Gasteiger partial charge < -0.3 is 4.90 Å². The molecule has 0 aromatic carbocycles. The molecular formula is C16H22BrN5OS. The standard InChI is InChI=1S/C16H22BrN5OS/c1-3-22-15(14(17)12(2)19-22)16(23)21-7-4-6-20(8-9-21)11-13-18-5-10-24-13/h5,10H,3-4,6-9,11H2,1-2H3. The highest BCUT2D eigenvalue weighted by molar-refractivity contribution is 9.10. The average molecular weight is 412 g/mol. The van der Waals surface area contributed by atoms with Crippen molar-refractivity contribution in [1.82, 2.24) is 24.6 Å². The number of carbonyl (C=O) groups excluding carboxylic acids is 1. The smallest absolute Gasteiger partial charge is 0.273 e. The molecule has 0 radical (unpaired) electrons. The van der Waals surface area contributed by atoms with Crippen LogP contribution in [0.25, 0.3) is 0 Å². The normalized spacial score (nSPS) is 16.4. The lowest BCUT2D eigenvalue weighted by Crippen LogP contribution is -2.36. The van der Waals surface area contributed by atoms with Crippen molar-refractivity contribution in [3.63, 3.8) is 0 Å². The molecule has 0 saturated carbocycles. The predicted molar refractivity (Wildman–Crippen MR) is 98.2 cm³/mol. The van der Waals surface area contributed by atoms with Gasteiger partial charge in [-0.3, -0.25) is 14.4 Å². The van der Waals surface area contributed by atoms with Crippen molar-refractivity contribution in [1.29, 1.82) is 0 Å². The Morgan fingerprint density at radius 2 is 2.17 bits per heavy atom. The molecule has 1 amide bonds. The van der Waals surface area contributed by atoms with E-state index in [2.05, 4.69) is 30.9 Å². The van der Waals surface area contributed by atoms with Crippen molar-refractivity contribution in [2.75, 3.05) is 26.2 Å². The summed E-state index contributed by atoms with van der Waals surface area (Å²) in [7, 11) is 0. The molecule has 1 aliphatic heterocycles. The Kier molecular flexibility index (Phi) is 5.68. The van der Waals surface area contributed by atoms with E-state index in [0.717, 1.165) is 54.3 Å². The van der Waals surface area contributed by atoms with Gasteiger partial charge in [-0.25, -0.2) is 4.98 Å². The van der Waals surface area contributed by atoms with Crippen LogP contribution >= 0.6 is 27.3 Å². The van der Waals surface area contributed by atoms with Crippen LogP contribution in [0.1, 0.15) is 34.5 Å². The molecule has 3 heterocycles. The molecule has 0 N–H and O–H groups in total. The van der Waals surface area contributed by atoms with Gasteiger partial charge in [0.25, 0.3) is 5.91 Å². The molecule has 1 fully saturated rings. The minimum Gasteiger partial charge on any atom is -0.336 e. The van der Waals surface area contributed by atoms with Crippen molar-refractivity contribution in [3.8, 4) is 0 Å². The first-order valence-electron chi connectivity index (χ1n) is 8.23. The highest BCUT2D eigenvalue weighted by atomic mass is 79.9. The number of hydrogen-bond acceptors (Lipinski definition) is 5. The highest BCUT2D eigenvalue weighted by Gasteiger charge is 2.26. The van der Waals surface area contributed by atoms with E-state index in [1.165, 1.54) is 0 Å². The summed E-state index contributed by atoms with van der Waals surface area (Å²) in [6, 6.07) is 0. The molecule has 8 heteroatoms. The van der Waals surface area contributed by atoms with Gasteiger partial charge in [0.1, 0.15) is 10.7 Å². The number of halogens is 1. The molecule has 2 aromatic heterocycles.